The monoisotopic (exact) mass is 378 g/mol. The van der Waals surface area contributed by atoms with Gasteiger partial charge in [-0.25, -0.2) is 14.8 Å². The van der Waals surface area contributed by atoms with Gasteiger partial charge >= 0.3 is 18.3 Å². The fourth-order valence-corrected chi connectivity index (χ4v) is 1.99. The summed E-state index contributed by atoms with van der Waals surface area (Å²) in [5.41, 5.74) is -3.46. The quantitative estimate of drug-likeness (QED) is 0.445. The highest BCUT2D eigenvalue weighted by Crippen LogP contribution is 2.36. The van der Waals surface area contributed by atoms with Crippen LogP contribution in [0.5, 0.6) is 0 Å². The Morgan fingerprint density at radius 1 is 1.04 bits per heavy atom. The SMILES string of the molecule is CC(C)OC(=O)C=C1C=NC(c2cc(C(F)(F)F)cc(C(F)(F)F)c2)=N1. The van der Waals surface area contributed by atoms with E-state index in [-0.39, 0.29) is 17.6 Å². The van der Waals surface area contributed by atoms with Crippen LogP contribution in [-0.4, -0.2) is 24.1 Å². The minimum absolute atomic E-state index is 0.0134. The number of hydrogen-bond donors (Lipinski definition) is 0. The Bertz CT molecular complexity index is 772. The lowest BCUT2D eigenvalue weighted by Crippen LogP contribution is -2.13. The number of carbonyl (C=O) groups is 1. The maximum Gasteiger partial charge on any atom is 0.416 e. The van der Waals surface area contributed by atoms with Gasteiger partial charge in [-0.1, -0.05) is 0 Å². The summed E-state index contributed by atoms with van der Waals surface area (Å²) >= 11 is 0. The van der Waals surface area contributed by atoms with Gasteiger partial charge in [0.1, 0.15) is 0 Å². The van der Waals surface area contributed by atoms with E-state index >= 15 is 0 Å². The van der Waals surface area contributed by atoms with Gasteiger partial charge in [0.2, 0.25) is 0 Å². The minimum atomic E-state index is -4.97. The van der Waals surface area contributed by atoms with Crippen LogP contribution in [0.2, 0.25) is 0 Å². The van der Waals surface area contributed by atoms with Crippen molar-refractivity contribution >= 4 is 18.0 Å². The second-order valence-electron chi connectivity index (χ2n) is 5.54. The average molecular weight is 378 g/mol. The van der Waals surface area contributed by atoms with Crippen LogP contribution >= 0.6 is 0 Å². The van der Waals surface area contributed by atoms with Crippen LogP contribution in [0.25, 0.3) is 0 Å². The molecule has 1 heterocycles. The summed E-state index contributed by atoms with van der Waals surface area (Å²) in [6.07, 6.45) is -8.37. The Kier molecular flexibility index (Phi) is 5.24. The van der Waals surface area contributed by atoms with Crippen molar-refractivity contribution in [1.82, 2.24) is 0 Å². The zero-order valence-electron chi connectivity index (χ0n) is 13.4. The largest absolute Gasteiger partial charge is 0.460 e. The van der Waals surface area contributed by atoms with Gasteiger partial charge in [-0.2, -0.15) is 26.3 Å². The fraction of sp³-hybridized carbons (Fsp3) is 0.312. The van der Waals surface area contributed by atoms with Crippen LogP contribution in [0.15, 0.2) is 40.0 Å². The molecule has 10 heteroatoms. The molecule has 0 fully saturated rings. The summed E-state index contributed by atoms with van der Waals surface area (Å²) < 4.78 is 82.1. The lowest BCUT2D eigenvalue weighted by atomic mass is 10.0. The molecule has 0 saturated carbocycles. The van der Waals surface area contributed by atoms with Gasteiger partial charge < -0.3 is 4.74 Å². The molecule has 0 spiro atoms. The zero-order chi connectivity index (χ0) is 19.7. The van der Waals surface area contributed by atoms with E-state index in [1.165, 1.54) is 0 Å². The molecule has 0 saturated heterocycles. The average Bonchev–Trinajstić information content (AvgIpc) is 2.92. The third kappa shape index (κ3) is 4.93. The van der Waals surface area contributed by atoms with E-state index in [9.17, 15) is 31.1 Å². The molecule has 140 valence electrons. The lowest BCUT2D eigenvalue weighted by molar-refractivity contribution is -0.143. The van der Waals surface area contributed by atoms with E-state index in [0.29, 0.717) is 12.1 Å². The number of esters is 1. The lowest BCUT2D eigenvalue weighted by Gasteiger charge is -2.13. The van der Waals surface area contributed by atoms with Gasteiger partial charge in [-0.3, -0.25) is 0 Å². The van der Waals surface area contributed by atoms with Crippen molar-refractivity contribution in [3.63, 3.8) is 0 Å². The third-order valence-corrected chi connectivity index (χ3v) is 3.02. The Balaban J connectivity index is 2.43. The molecule has 0 aromatic heterocycles. The molecule has 1 aliphatic rings. The fourth-order valence-electron chi connectivity index (χ4n) is 1.99. The first-order valence-electron chi connectivity index (χ1n) is 7.21. The number of hydrogen-bond acceptors (Lipinski definition) is 4. The van der Waals surface area contributed by atoms with Crippen molar-refractivity contribution in [3.05, 3.63) is 46.7 Å². The molecule has 4 nitrogen and oxygen atoms in total. The molecule has 1 aliphatic heterocycles. The van der Waals surface area contributed by atoms with Crippen LogP contribution in [0.4, 0.5) is 26.3 Å². The highest BCUT2D eigenvalue weighted by atomic mass is 19.4. The second kappa shape index (κ2) is 6.93. The first-order valence-corrected chi connectivity index (χ1v) is 7.21. The Labute approximate surface area is 143 Å². The van der Waals surface area contributed by atoms with Crippen LogP contribution in [0.3, 0.4) is 0 Å². The minimum Gasteiger partial charge on any atom is -0.460 e. The molecule has 2 rings (SSSR count). The summed E-state index contributed by atoms with van der Waals surface area (Å²) in [4.78, 5) is 18.9. The molecule has 0 N–H and O–H groups in total. The van der Waals surface area contributed by atoms with Gasteiger partial charge in [0.05, 0.1) is 35.2 Å². The number of aliphatic imine (C=N–C) groups is 2. The number of benzene rings is 1. The number of carbonyl (C=O) groups excluding carboxylic acids is 1. The van der Waals surface area contributed by atoms with E-state index in [0.717, 1.165) is 12.3 Å². The third-order valence-electron chi connectivity index (χ3n) is 3.02. The van der Waals surface area contributed by atoms with Gasteiger partial charge in [-0.15, -0.1) is 0 Å². The maximum absolute atomic E-state index is 12.9. The molecule has 0 aliphatic carbocycles. The number of amidine groups is 1. The van der Waals surface area contributed by atoms with Gasteiger partial charge in [-0.05, 0) is 32.0 Å². The van der Waals surface area contributed by atoms with Crippen LogP contribution in [0.1, 0.15) is 30.5 Å². The topological polar surface area (TPSA) is 51.0 Å². The van der Waals surface area contributed by atoms with E-state index in [4.69, 9.17) is 4.74 Å². The standard InChI is InChI=1S/C16H12F6N2O2/c1-8(2)26-13(25)6-12-7-23-14(24-12)9-3-10(15(17,18)19)5-11(4-9)16(20,21)22/h3-8H,1-2H3. The van der Waals surface area contributed by atoms with Crippen molar-refractivity contribution in [2.24, 2.45) is 9.98 Å². The van der Waals surface area contributed by atoms with Gasteiger partial charge in [0, 0.05) is 5.56 Å². The van der Waals surface area contributed by atoms with Crippen molar-refractivity contribution < 1.29 is 35.9 Å². The van der Waals surface area contributed by atoms with Crippen molar-refractivity contribution in [1.29, 1.82) is 0 Å². The first-order chi connectivity index (χ1) is 11.9. The van der Waals surface area contributed by atoms with Crippen LogP contribution < -0.4 is 0 Å². The second-order valence-corrected chi connectivity index (χ2v) is 5.54. The number of ether oxygens (including phenoxy) is 1. The highest BCUT2D eigenvalue weighted by Gasteiger charge is 2.37. The molecule has 0 unspecified atom stereocenters. The Hall–Kier alpha value is -2.65. The number of alkyl halides is 6. The molecule has 1 aromatic carbocycles. The smallest absolute Gasteiger partial charge is 0.416 e. The van der Waals surface area contributed by atoms with Gasteiger partial charge in [0.25, 0.3) is 0 Å². The summed E-state index contributed by atoms with van der Waals surface area (Å²) in [5, 5.41) is 0. The maximum atomic E-state index is 12.9. The highest BCUT2D eigenvalue weighted by molar-refractivity contribution is 6.11. The summed E-state index contributed by atoms with van der Waals surface area (Å²) in [6, 6.07) is 1.04. The normalized spacial score (nSPS) is 16.3. The van der Waals surface area contributed by atoms with E-state index in [1.807, 2.05) is 0 Å². The molecule has 0 bridgehead atoms. The number of allylic oxidation sites excluding steroid dienone is 1. The van der Waals surface area contributed by atoms with Crippen LogP contribution in [0, 0.1) is 0 Å². The van der Waals surface area contributed by atoms with E-state index < -0.39 is 41.1 Å². The van der Waals surface area contributed by atoms with Crippen molar-refractivity contribution in [2.75, 3.05) is 0 Å². The van der Waals surface area contributed by atoms with Gasteiger partial charge in [0.15, 0.2) is 5.84 Å². The molecule has 0 radical (unpaired) electrons. The zero-order valence-corrected chi connectivity index (χ0v) is 13.4. The summed E-state index contributed by atoms with van der Waals surface area (Å²) in [6.45, 7) is 3.21. The number of halogens is 6. The number of nitrogens with zero attached hydrogens (tertiary/aromatic N) is 2. The Morgan fingerprint density at radius 2 is 1.58 bits per heavy atom. The van der Waals surface area contributed by atoms with Crippen molar-refractivity contribution in [3.8, 4) is 0 Å². The summed E-state index contributed by atoms with van der Waals surface area (Å²) in [5.74, 6) is -1.13. The summed E-state index contributed by atoms with van der Waals surface area (Å²) in [7, 11) is 0. The molecule has 0 amide bonds. The van der Waals surface area contributed by atoms with E-state index in [1.54, 1.807) is 13.8 Å². The van der Waals surface area contributed by atoms with Crippen molar-refractivity contribution in [2.45, 2.75) is 32.3 Å². The van der Waals surface area contributed by atoms with E-state index in [2.05, 4.69) is 9.98 Å². The molecule has 26 heavy (non-hydrogen) atoms. The Morgan fingerprint density at radius 3 is 2.04 bits per heavy atom. The predicted molar refractivity (Wildman–Crippen MR) is 80.8 cm³/mol. The molecule has 1 aromatic rings. The number of rotatable bonds is 3. The predicted octanol–water partition coefficient (Wildman–Crippen LogP) is 4.39. The molecular weight excluding hydrogens is 366 g/mol. The molecular formula is C16H12F6N2O2. The molecule has 0 atom stereocenters. The first kappa shape index (κ1) is 19.7. The van der Waals surface area contributed by atoms with Crippen LogP contribution in [-0.2, 0) is 21.9 Å².